The average Bonchev–Trinajstić information content (AvgIpc) is 2.78. The van der Waals surface area contributed by atoms with Crippen molar-refractivity contribution in [2.75, 3.05) is 5.73 Å². The van der Waals surface area contributed by atoms with Gasteiger partial charge in [-0.2, -0.15) is 17.5 Å². The normalized spacial score (nSPS) is 11.8. The van der Waals surface area contributed by atoms with Gasteiger partial charge in [0.05, 0.1) is 5.56 Å². The molecular weight excluding hydrogens is 295 g/mol. The predicted molar refractivity (Wildman–Crippen MR) is 69.3 cm³/mol. The first-order chi connectivity index (χ1) is 8.90. The molecule has 19 heavy (non-hydrogen) atoms. The second-order valence-corrected chi connectivity index (χ2v) is 5.72. The Morgan fingerprint density at radius 2 is 2.11 bits per heavy atom. The van der Waals surface area contributed by atoms with Gasteiger partial charge in [-0.15, -0.1) is 0 Å². The van der Waals surface area contributed by atoms with E-state index in [0.29, 0.717) is 9.24 Å². The first kappa shape index (κ1) is 14.1. The first-order valence-electron chi connectivity index (χ1n) is 5.37. The Balaban J connectivity index is 2.22. The topological polar surface area (TPSA) is 51.8 Å². The molecule has 0 spiro atoms. The number of aryl methyl sites for hydroxylation is 1. The van der Waals surface area contributed by atoms with Crippen molar-refractivity contribution in [1.82, 2.24) is 9.36 Å². The predicted octanol–water partition coefficient (Wildman–Crippen LogP) is 3.85. The summed E-state index contributed by atoms with van der Waals surface area (Å²) in [6.45, 7) is 1.93. The van der Waals surface area contributed by atoms with Gasteiger partial charge in [0.15, 0.2) is 4.34 Å². The van der Waals surface area contributed by atoms with Gasteiger partial charge in [0.25, 0.3) is 0 Å². The highest BCUT2D eigenvalue weighted by Gasteiger charge is 2.30. The Kier molecular flexibility index (Phi) is 4.00. The largest absolute Gasteiger partial charge is 0.416 e. The molecule has 0 saturated carbocycles. The molecule has 8 heteroatoms. The molecule has 1 aromatic heterocycles. The zero-order valence-corrected chi connectivity index (χ0v) is 11.5. The van der Waals surface area contributed by atoms with Crippen molar-refractivity contribution in [2.24, 2.45) is 0 Å². The summed E-state index contributed by atoms with van der Waals surface area (Å²) in [5, 5.41) is 0. The molecule has 1 heterocycles. The molecule has 0 aliphatic heterocycles. The van der Waals surface area contributed by atoms with Gasteiger partial charge in [-0.1, -0.05) is 18.7 Å². The molecule has 2 rings (SSSR count). The number of anilines is 1. The van der Waals surface area contributed by atoms with Crippen LogP contribution in [0.5, 0.6) is 0 Å². The maximum Gasteiger partial charge on any atom is 0.416 e. The van der Waals surface area contributed by atoms with Gasteiger partial charge in [0.2, 0.25) is 0 Å². The summed E-state index contributed by atoms with van der Waals surface area (Å²) in [4.78, 5) is 4.78. The summed E-state index contributed by atoms with van der Waals surface area (Å²) in [5.41, 5.74) is 4.98. The maximum atomic E-state index is 12.5. The van der Waals surface area contributed by atoms with Crippen LogP contribution in [-0.2, 0) is 12.6 Å². The minimum absolute atomic E-state index is 0.0908. The second kappa shape index (κ2) is 5.38. The second-order valence-electron chi connectivity index (χ2n) is 3.68. The lowest BCUT2D eigenvalue weighted by molar-refractivity contribution is -0.137. The smallest absolute Gasteiger partial charge is 0.398 e. The van der Waals surface area contributed by atoms with E-state index in [1.807, 2.05) is 6.92 Å². The Hall–Kier alpha value is -1.28. The number of nitrogen functional groups attached to an aromatic ring is 1. The Bertz CT molecular complexity index is 581. The molecule has 2 N–H and O–H groups in total. The van der Waals surface area contributed by atoms with Crippen LogP contribution < -0.4 is 5.73 Å². The minimum atomic E-state index is -4.38. The highest BCUT2D eigenvalue weighted by Crippen LogP contribution is 2.37. The lowest BCUT2D eigenvalue weighted by Gasteiger charge is -2.09. The third-order valence-electron chi connectivity index (χ3n) is 2.30. The zero-order valence-electron chi connectivity index (χ0n) is 9.86. The lowest BCUT2D eigenvalue weighted by Crippen LogP contribution is -2.05. The van der Waals surface area contributed by atoms with Gasteiger partial charge < -0.3 is 5.73 Å². The fourth-order valence-corrected chi connectivity index (χ4v) is 3.02. The van der Waals surface area contributed by atoms with Crippen LogP contribution >= 0.6 is 23.3 Å². The number of halogens is 3. The summed E-state index contributed by atoms with van der Waals surface area (Å²) >= 11 is 2.43. The molecule has 0 atom stereocenters. The van der Waals surface area contributed by atoms with E-state index >= 15 is 0 Å². The summed E-state index contributed by atoms with van der Waals surface area (Å²) in [5.74, 6) is 0.720. The highest BCUT2D eigenvalue weighted by molar-refractivity contribution is 8.01. The van der Waals surface area contributed by atoms with Crippen molar-refractivity contribution >= 4 is 29.0 Å². The van der Waals surface area contributed by atoms with E-state index in [1.54, 1.807) is 0 Å². The van der Waals surface area contributed by atoms with Crippen molar-refractivity contribution in [2.45, 2.75) is 28.8 Å². The van der Waals surface area contributed by atoms with E-state index < -0.39 is 11.7 Å². The molecular formula is C11H10F3N3S2. The number of benzene rings is 1. The minimum Gasteiger partial charge on any atom is -0.398 e. The number of aromatic nitrogens is 2. The van der Waals surface area contributed by atoms with E-state index in [2.05, 4.69) is 9.36 Å². The molecule has 1 aromatic carbocycles. The number of hydrogen-bond donors (Lipinski definition) is 1. The van der Waals surface area contributed by atoms with Crippen LogP contribution in [0.25, 0.3) is 0 Å². The first-order valence-corrected chi connectivity index (χ1v) is 6.96. The third kappa shape index (κ3) is 3.38. The van der Waals surface area contributed by atoms with Gasteiger partial charge in [-0.3, -0.25) is 0 Å². The van der Waals surface area contributed by atoms with Crippen LogP contribution in [-0.4, -0.2) is 9.36 Å². The summed E-state index contributed by atoms with van der Waals surface area (Å²) in [6, 6.07) is 3.31. The molecule has 0 aliphatic carbocycles. The van der Waals surface area contributed by atoms with Crippen LogP contribution in [0, 0.1) is 0 Å². The highest BCUT2D eigenvalue weighted by atomic mass is 32.2. The number of alkyl halides is 3. The number of nitrogens with two attached hydrogens (primary N) is 1. The monoisotopic (exact) mass is 305 g/mol. The summed E-state index contributed by atoms with van der Waals surface area (Å²) in [6.07, 6.45) is -3.66. The van der Waals surface area contributed by atoms with E-state index in [4.69, 9.17) is 5.73 Å². The fraction of sp³-hybridized carbons (Fsp3) is 0.273. The van der Waals surface area contributed by atoms with E-state index in [-0.39, 0.29) is 5.69 Å². The average molecular weight is 305 g/mol. The molecule has 0 aliphatic rings. The van der Waals surface area contributed by atoms with Crippen LogP contribution in [0.1, 0.15) is 18.3 Å². The van der Waals surface area contributed by atoms with Crippen molar-refractivity contribution < 1.29 is 13.2 Å². The Morgan fingerprint density at radius 1 is 1.37 bits per heavy atom. The Morgan fingerprint density at radius 3 is 2.63 bits per heavy atom. The third-order valence-corrected chi connectivity index (χ3v) is 4.18. The van der Waals surface area contributed by atoms with Crippen molar-refractivity contribution in [3.63, 3.8) is 0 Å². The molecule has 3 nitrogen and oxygen atoms in total. The molecule has 0 bridgehead atoms. The SMILES string of the molecule is CCc1nsc(Sc2ccc(C(F)(F)F)cc2N)n1. The molecule has 102 valence electrons. The quantitative estimate of drug-likeness (QED) is 0.875. The van der Waals surface area contributed by atoms with Gasteiger partial charge in [-0.05, 0) is 29.7 Å². The Labute approximate surface area is 116 Å². The number of rotatable bonds is 3. The van der Waals surface area contributed by atoms with Gasteiger partial charge in [-0.25, -0.2) is 4.98 Å². The molecule has 0 amide bonds. The van der Waals surface area contributed by atoms with Crippen molar-refractivity contribution in [1.29, 1.82) is 0 Å². The molecule has 2 aromatic rings. The molecule has 0 fully saturated rings. The van der Waals surface area contributed by atoms with Gasteiger partial charge >= 0.3 is 6.18 Å². The summed E-state index contributed by atoms with van der Waals surface area (Å²) in [7, 11) is 0. The van der Waals surface area contributed by atoms with Crippen molar-refractivity contribution in [3.05, 3.63) is 29.6 Å². The molecule has 0 saturated heterocycles. The molecule has 0 unspecified atom stereocenters. The van der Waals surface area contributed by atoms with E-state index in [0.717, 1.165) is 24.4 Å². The maximum absolute atomic E-state index is 12.5. The number of hydrogen-bond acceptors (Lipinski definition) is 5. The zero-order chi connectivity index (χ0) is 14.0. The van der Waals surface area contributed by atoms with Gasteiger partial charge in [0, 0.05) is 17.0 Å². The fourth-order valence-electron chi connectivity index (χ4n) is 1.33. The van der Waals surface area contributed by atoms with Crippen LogP contribution in [0.4, 0.5) is 18.9 Å². The summed E-state index contributed by atoms with van der Waals surface area (Å²) < 4.78 is 42.3. The standard InChI is InChI=1S/C11H10F3N3S2/c1-2-9-16-10(19-17-9)18-8-4-3-6(5-7(8)15)11(12,13)14/h3-5H,2,15H2,1H3. The van der Waals surface area contributed by atoms with E-state index in [1.165, 1.54) is 29.4 Å². The molecule has 0 radical (unpaired) electrons. The van der Waals surface area contributed by atoms with Gasteiger partial charge in [0.1, 0.15) is 5.82 Å². The van der Waals surface area contributed by atoms with Crippen molar-refractivity contribution in [3.8, 4) is 0 Å². The van der Waals surface area contributed by atoms with E-state index in [9.17, 15) is 13.2 Å². The van der Waals surface area contributed by atoms with Crippen LogP contribution in [0.2, 0.25) is 0 Å². The number of nitrogens with zero attached hydrogens (tertiary/aromatic N) is 2. The van der Waals surface area contributed by atoms with Crippen LogP contribution in [0.3, 0.4) is 0 Å². The van der Waals surface area contributed by atoms with Crippen LogP contribution in [0.15, 0.2) is 27.4 Å². The lowest BCUT2D eigenvalue weighted by atomic mass is 10.2.